The van der Waals surface area contributed by atoms with Gasteiger partial charge in [-0.15, -0.1) is 11.3 Å². The highest BCUT2D eigenvalue weighted by atomic mass is 32.1. The van der Waals surface area contributed by atoms with Gasteiger partial charge in [0.25, 0.3) is 11.6 Å². The van der Waals surface area contributed by atoms with Crippen molar-refractivity contribution in [1.82, 2.24) is 0 Å². The number of fused-ring (bicyclic) bond motifs is 2. The Kier molecular flexibility index (Phi) is 3.08. The van der Waals surface area contributed by atoms with Crippen LogP contribution in [0, 0.1) is 0 Å². The quantitative estimate of drug-likeness (QED) is 0.647. The van der Waals surface area contributed by atoms with Crippen LogP contribution in [0.5, 0.6) is 5.75 Å². The molecule has 0 radical (unpaired) electrons. The number of hydrogen-bond acceptors (Lipinski definition) is 5. The van der Waals surface area contributed by atoms with E-state index in [-0.39, 0.29) is 4.88 Å². The van der Waals surface area contributed by atoms with Crippen molar-refractivity contribution in [3.8, 4) is 16.9 Å². The molecule has 0 amide bonds. The fraction of sp³-hybridized carbons (Fsp3) is 0.111. The lowest BCUT2D eigenvalue weighted by atomic mass is 9.90. The molecule has 3 aromatic rings. The van der Waals surface area contributed by atoms with Crippen molar-refractivity contribution in [2.75, 3.05) is 0 Å². The van der Waals surface area contributed by atoms with E-state index in [9.17, 15) is 15.3 Å². The predicted octanol–water partition coefficient (Wildman–Crippen LogP) is 2.79. The molecular weight excluding hydrogens is 312 g/mol. The standard InChI is InChI=1S/C18H14O4S/c19-17(20,16-7-4-10-23-16)18(21)15-11-13(22-18)8-9-14(15)12-5-2-1-3-6-12/h1-11,19-21H. The zero-order chi connectivity index (χ0) is 16.1. The van der Waals surface area contributed by atoms with Crippen LogP contribution in [0.1, 0.15) is 10.4 Å². The van der Waals surface area contributed by atoms with E-state index in [4.69, 9.17) is 4.74 Å². The minimum Gasteiger partial charge on any atom is -0.452 e. The van der Waals surface area contributed by atoms with Crippen LogP contribution < -0.4 is 4.74 Å². The molecule has 5 heteroatoms. The first-order valence-corrected chi connectivity index (χ1v) is 8.00. The van der Waals surface area contributed by atoms with Crippen LogP contribution in [-0.4, -0.2) is 15.3 Å². The molecule has 23 heavy (non-hydrogen) atoms. The van der Waals surface area contributed by atoms with Gasteiger partial charge in [-0.2, -0.15) is 0 Å². The van der Waals surface area contributed by atoms with Gasteiger partial charge in [0, 0.05) is 5.56 Å². The number of hydrogen-bond donors (Lipinski definition) is 3. The second-order valence-corrected chi connectivity index (χ2v) is 6.42. The van der Waals surface area contributed by atoms with Gasteiger partial charge in [-0.25, -0.2) is 0 Å². The SMILES string of the molecule is OC(O)(c1cccs1)C1(O)Oc2ccc(-c3ccccc3)c1c2. The van der Waals surface area contributed by atoms with E-state index >= 15 is 0 Å². The fourth-order valence-electron chi connectivity index (χ4n) is 2.87. The zero-order valence-electron chi connectivity index (χ0n) is 12.0. The van der Waals surface area contributed by atoms with Gasteiger partial charge in [-0.05, 0) is 34.7 Å². The van der Waals surface area contributed by atoms with Crippen molar-refractivity contribution in [2.24, 2.45) is 0 Å². The number of rotatable bonds is 3. The topological polar surface area (TPSA) is 69.9 Å². The number of thiophene rings is 1. The van der Waals surface area contributed by atoms with Gasteiger partial charge in [0.2, 0.25) is 0 Å². The molecule has 1 aromatic heterocycles. The van der Waals surface area contributed by atoms with Crippen molar-refractivity contribution >= 4 is 11.3 Å². The molecule has 116 valence electrons. The first-order chi connectivity index (χ1) is 11.0. The van der Waals surface area contributed by atoms with E-state index in [1.807, 2.05) is 36.4 Å². The summed E-state index contributed by atoms with van der Waals surface area (Å²) in [6, 6.07) is 17.8. The summed E-state index contributed by atoms with van der Waals surface area (Å²) in [5, 5.41) is 34.0. The lowest BCUT2D eigenvalue weighted by Gasteiger charge is -2.35. The predicted molar refractivity (Wildman–Crippen MR) is 86.8 cm³/mol. The molecule has 0 aliphatic carbocycles. The second kappa shape index (κ2) is 4.91. The van der Waals surface area contributed by atoms with Gasteiger partial charge in [-0.1, -0.05) is 42.5 Å². The summed E-state index contributed by atoms with van der Waals surface area (Å²) < 4.78 is 5.49. The average molecular weight is 326 g/mol. The average Bonchev–Trinajstić information content (AvgIpc) is 3.18. The minimum atomic E-state index is -2.55. The van der Waals surface area contributed by atoms with Gasteiger partial charge in [0.15, 0.2) is 0 Å². The minimum absolute atomic E-state index is 0.210. The van der Waals surface area contributed by atoms with E-state index in [0.29, 0.717) is 16.9 Å². The maximum atomic E-state index is 11.0. The summed E-state index contributed by atoms with van der Waals surface area (Å²) in [6.07, 6.45) is 0. The highest BCUT2D eigenvalue weighted by molar-refractivity contribution is 7.10. The first kappa shape index (κ1) is 14.4. The molecule has 0 fully saturated rings. The van der Waals surface area contributed by atoms with E-state index in [1.165, 1.54) is 0 Å². The molecule has 2 aromatic carbocycles. The second-order valence-electron chi connectivity index (χ2n) is 5.47. The highest BCUT2D eigenvalue weighted by Crippen LogP contribution is 2.50. The Bertz CT molecular complexity index is 843. The third-order valence-electron chi connectivity index (χ3n) is 4.04. The Morgan fingerprint density at radius 3 is 2.43 bits per heavy atom. The van der Waals surface area contributed by atoms with Crippen molar-refractivity contribution < 1.29 is 20.1 Å². The molecule has 1 atom stereocenters. The Hall–Kier alpha value is -2.18. The van der Waals surface area contributed by atoms with Crippen molar-refractivity contribution in [1.29, 1.82) is 0 Å². The van der Waals surface area contributed by atoms with Crippen LogP contribution in [0.15, 0.2) is 66.0 Å². The molecule has 1 aliphatic heterocycles. The molecule has 0 saturated carbocycles. The van der Waals surface area contributed by atoms with Gasteiger partial charge in [0.05, 0.1) is 4.88 Å². The monoisotopic (exact) mass is 326 g/mol. The molecule has 4 nitrogen and oxygen atoms in total. The van der Waals surface area contributed by atoms with Crippen LogP contribution in [0.4, 0.5) is 0 Å². The van der Waals surface area contributed by atoms with Gasteiger partial charge in [0.1, 0.15) is 5.75 Å². The van der Waals surface area contributed by atoms with Gasteiger partial charge < -0.3 is 20.1 Å². The summed E-state index contributed by atoms with van der Waals surface area (Å²) in [5.74, 6) is -4.42. The molecule has 4 rings (SSSR count). The van der Waals surface area contributed by atoms with Gasteiger partial charge in [-0.3, -0.25) is 0 Å². The van der Waals surface area contributed by atoms with E-state index in [1.54, 1.807) is 29.6 Å². The van der Waals surface area contributed by atoms with Crippen molar-refractivity contribution in [3.05, 3.63) is 76.5 Å². The molecule has 2 bridgehead atoms. The van der Waals surface area contributed by atoms with Crippen LogP contribution in [-0.2, 0) is 11.6 Å². The molecule has 0 saturated heterocycles. The molecule has 1 unspecified atom stereocenters. The first-order valence-electron chi connectivity index (χ1n) is 7.12. The largest absolute Gasteiger partial charge is 0.452 e. The van der Waals surface area contributed by atoms with E-state index in [2.05, 4.69) is 0 Å². The van der Waals surface area contributed by atoms with Crippen LogP contribution in [0.3, 0.4) is 0 Å². The lowest BCUT2D eigenvalue weighted by Crippen LogP contribution is -2.51. The van der Waals surface area contributed by atoms with E-state index < -0.39 is 11.6 Å². The maximum Gasteiger partial charge on any atom is 0.295 e. The van der Waals surface area contributed by atoms with Crippen molar-refractivity contribution in [3.63, 3.8) is 0 Å². The van der Waals surface area contributed by atoms with Gasteiger partial charge >= 0.3 is 0 Å². The molecule has 2 heterocycles. The zero-order valence-corrected chi connectivity index (χ0v) is 12.8. The summed E-state index contributed by atoms with van der Waals surface area (Å²) in [5.41, 5.74) is 1.89. The molecule has 3 N–H and O–H groups in total. The maximum absolute atomic E-state index is 11.0. The number of aliphatic hydroxyl groups is 3. The number of ether oxygens (including phenoxy) is 1. The Morgan fingerprint density at radius 1 is 0.957 bits per heavy atom. The summed E-state index contributed by atoms with van der Waals surface area (Å²) >= 11 is 1.14. The smallest absolute Gasteiger partial charge is 0.295 e. The Morgan fingerprint density at radius 2 is 1.74 bits per heavy atom. The summed E-state index contributed by atoms with van der Waals surface area (Å²) in [4.78, 5) is 0.210. The third-order valence-corrected chi connectivity index (χ3v) is 5.01. The molecular formula is C18H14O4S. The fourth-order valence-corrected chi connectivity index (χ4v) is 3.63. The Balaban J connectivity index is 1.89. The summed E-state index contributed by atoms with van der Waals surface area (Å²) in [6.45, 7) is 0. The molecule has 1 aliphatic rings. The molecule has 0 spiro atoms. The third kappa shape index (κ3) is 2.02. The normalized spacial score (nSPS) is 19.6. The van der Waals surface area contributed by atoms with Crippen LogP contribution >= 0.6 is 11.3 Å². The van der Waals surface area contributed by atoms with E-state index in [0.717, 1.165) is 16.9 Å². The van der Waals surface area contributed by atoms with Crippen molar-refractivity contribution in [2.45, 2.75) is 11.6 Å². The van der Waals surface area contributed by atoms with Crippen LogP contribution in [0.2, 0.25) is 0 Å². The highest BCUT2D eigenvalue weighted by Gasteiger charge is 2.58. The number of benzene rings is 2. The lowest BCUT2D eigenvalue weighted by molar-refractivity contribution is -0.356. The summed E-state index contributed by atoms with van der Waals surface area (Å²) in [7, 11) is 0. The Labute approximate surface area is 136 Å². The van der Waals surface area contributed by atoms with Crippen LogP contribution in [0.25, 0.3) is 11.1 Å².